The Kier molecular flexibility index (Phi) is 4.62. The van der Waals surface area contributed by atoms with Crippen LogP contribution in [0.1, 0.15) is 43.2 Å². The third-order valence-corrected chi connectivity index (χ3v) is 6.10. The van der Waals surface area contributed by atoms with Crippen LogP contribution in [-0.4, -0.2) is 31.9 Å². The van der Waals surface area contributed by atoms with Gasteiger partial charge in [-0.2, -0.15) is 0 Å². The fourth-order valence-corrected chi connectivity index (χ4v) is 4.36. The molecule has 1 heterocycles. The van der Waals surface area contributed by atoms with E-state index in [0.717, 1.165) is 31.4 Å². The van der Waals surface area contributed by atoms with Gasteiger partial charge in [-0.15, -0.1) is 0 Å². The molecule has 0 bridgehead atoms. The molecule has 3 rings (SSSR count). The van der Waals surface area contributed by atoms with Crippen LogP contribution in [0.15, 0.2) is 24.3 Å². The van der Waals surface area contributed by atoms with Crippen molar-refractivity contribution in [3.63, 3.8) is 0 Å². The first-order valence-electron chi connectivity index (χ1n) is 7.92. The van der Waals surface area contributed by atoms with Gasteiger partial charge in [-0.3, -0.25) is 0 Å². The van der Waals surface area contributed by atoms with Crippen LogP contribution in [-0.2, 0) is 22.3 Å². The zero-order valence-electron chi connectivity index (χ0n) is 12.4. The molecule has 1 aromatic carbocycles. The van der Waals surface area contributed by atoms with E-state index in [9.17, 15) is 8.42 Å². The van der Waals surface area contributed by atoms with Crippen LogP contribution >= 0.6 is 0 Å². The summed E-state index contributed by atoms with van der Waals surface area (Å²) in [4.78, 5) is 0. The summed E-state index contributed by atoms with van der Waals surface area (Å²) in [5, 5.41) is 3.47. The molecule has 1 aliphatic heterocycles. The zero-order chi connectivity index (χ0) is 14.7. The Morgan fingerprint density at radius 1 is 1.00 bits per heavy atom. The van der Waals surface area contributed by atoms with Gasteiger partial charge in [-0.25, -0.2) is 12.7 Å². The van der Waals surface area contributed by atoms with E-state index in [1.807, 2.05) is 24.3 Å². The number of nitrogens with zero attached hydrogens (tertiary/aromatic N) is 1. The third-order valence-electron chi connectivity index (χ3n) is 4.25. The lowest BCUT2D eigenvalue weighted by molar-refractivity contribution is 0.346. The Morgan fingerprint density at radius 3 is 2.24 bits per heavy atom. The van der Waals surface area contributed by atoms with Gasteiger partial charge < -0.3 is 5.32 Å². The molecule has 116 valence electrons. The molecule has 0 unspecified atom stereocenters. The van der Waals surface area contributed by atoms with Gasteiger partial charge in [0, 0.05) is 25.7 Å². The van der Waals surface area contributed by atoms with Crippen molar-refractivity contribution in [2.24, 2.45) is 0 Å². The van der Waals surface area contributed by atoms with E-state index in [4.69, 9.17) is 0 Å². The van der Waals surface area contributed by atoms with Crippen LogP contribution in [0, 0.1) is 0 Å². The van der Waals surface area contributed by atoms with Gasteiger partial charge in [-0.05, 0) is 36.8 Å². The normalized spacial score (nSPS) is 20.6. The second-order valence-corrected chi connectivity index (χ2v) is 8.16. The smallest absolute Gasteiger partial charge is 0.218 e. The molecule has 4 nitrogen and oxygen atoms in total. The highest BCUT2D eigenvalue weighted by molar-refractivity contribution is 7.88. The molecule has 0 atom stereocenters. The molecule has 2 fully saturated rings. The molecule has 0 spiro atoms. The first kappa shape index (κ1) is 15.0. The van der Waals surface area contributed by atoms with Gasteiger partial charge in [0.2, 0.25) is 10.0 Å². The Balaban J connectivity index is 1.58. The monoisotopic (exact) mass is 308 g/mol. The number of hydrogen-bond acceptors (Lipinski definition) is 3. The lowest BCUT2D eigenvalue weighted by Crippen LogP contribution is -2.36. The van der Waals surface area contributed by atoms with Crippen LogP contribution in [0.5, 0.6) is 0 Å². The standard InChI is InChI=1S/C16H24N2O2S/c19-21(20,18-10-2-1-3-11-18)13-15-6-4-14(5-7-15)12-17-16-8-9-16/h4-7,16-17H,1-3,8-13H2. The number of hydrogen-bond donors (Lipinski definition) is 1. The van der Waals surface area contributed by atoms with Crippen molar-refractivity contribution in [2.45, 2.75) is 50.4 Å². The SMILES string of the molecule is O=S(=O)(Cc1ccc(CNC2CC2)cc1)N1CCCCC1. The largest absolute Gasteiger partial charge is 0.310 e. The molecule has 1 saturated heterocycles. The quantitative estimate of drug-likeness (QED) is 0.877. The van der Waals surface area contributed by atoms with Crippen LogP contribution in [0.25, 0.3) is 0 Å². The van der Waals surface area contributed by atoms with E-state index in [-0.39, 0.29) is 5.75 Å². The lowest BCUT2D eigenvalue weighted by Gasteiger charge is -2.25. The Morgan fingerprint density at radius 2 is 1.62 bits per heavy atom. The molecule has 1 saturated carbocycles. The van der Waals surface area contributed by atoms with Gasteiger partial charge >= 0.3 is 0 Å². The molecule has 1 N–H and O–H groups in total. The average molecular weight is 308 g/mol. The minimum Gasteiger partial charge on any atom is -0.310 e. The summed E-state index contributed by atoms with van der Waals surface area (Å²) >= 11 is 0. The van der Waals surface area contributed by atoms with E-state index in [0.29, 0.717) is 19.1 Å². The van der Waals surface area contributed by atoms with Gasteiger partial charge in [0.1, 0.15) is 0 Å². The number of rotatable bonds is 6. The fourth-order valence-electron chi connectivity index (χ4n) is 2.75. The van der Waals surface area contributed by atoms with E-state index < -0.39 is 10.0 Å². The Labute approximate surface area is 127 Å². The molecule has 0 aromatic heterocycles. The topological polar surface area (TPSA) is 49.4 Å². The predicted molar refractivity (Wildman–Crippen MR) is 84.4 cm³/mol. The van der Waals surface area contributed by atoms with Gasteiger partial charge in [0.15, 0.2) is 0 Å². The van der Waals surface area contributed by atoms with Crippen molar-refractivity contribution < 1.29 is 8.42 Å². The van der Waals surface area contributed by atoms with Gasteiger partial charge in [0.25, 0.3) is 0 Å². The summed E-state index contributed by atoms with van der Waals surface area (Å²) < 4.78 is 26.4. The van der Waals surface area contributed by atoms with Crippen molar-refractivity contribution in [3.8, 4) is 0 Å². The van der Waals surface area contributed by atoms with Crippen LogP contribution in [0.2, 0.25) is 0 Å². The first-order chi connectivity index (χ1) is 10.1. The van der Waals surface area contributed by atoms with Crippen molar-refractivity contribution >= 4 is 10.0 Å². The number of nitrogens with one attached hydrogen (secondary N) is 1. The van der Waals surface area contributed by atoms with E-state index >= 15 is 0 Å². The summed E-state index contributed by atoms with van der Waals surface area (Å²) in [7, 11) is -3.15. The first-order valence-corrected chi connectivity index (χ1v) is 9.53. The number of piperidine rings is 1. The lowest BCUT2D eigenvalue weighted by atomic mass is 10.1. The highest BCUT2D eigenvalue weighted by Gasteiger charge is 2.24. The molecule has 0 radical (unpaired) electrons. The van der Waals surface area contributed by atoms with Crippen LogP contribution in [0.4, 0.5) is 0 Å². The van der Waals surface area contributed by atoms with Crippen molar-refractivity contribution in [2.75, 3.05) is 13.1 Å². The molecule has 5 heteroatoms. The molecule has 1 aliphatic carbocycles. The minimum absolute atomic E-state index is 0.128. The molecule has 1 aromatic rings. The number of benzene rings is 1. The van der Waals surface area contributed by atoms with Crippen molar-refractivity contribution in [1.82, 2.24) is 9.62 Å². The maximum Gasteiger partial charge on any atom is 0.218 e. The van der Waals surface area contributed by atoms with E-state index in [1.54, 1.807) is 4.31 Å². The maximum atomic E-state index is 12.4. The van der Waals surface area contributed by atoms with Crippen molar-refractivity contribution in [1.29, 1.82) is 0 Å². The summed E-state index contributed by atoms with van der Waals surface area (Å²) in [6, 6.07) is 8.67. The van der Waals surface area contributed by atoms with E-state index in [2.05, 4.69) is 5.32 Å². The molecule has 0 amide bonds. The Hall–Kier alpha value is -0.910. The summed E-state index contributed by atoms with van der Waals surface area (Å²) in [5.74, 6) is 0.128. The minimum atomic E-state index is -3.15. The molecule has 2 aliphatic rings. The van der Waals surface area contributed by atoms with E-state index in [1.165, 1.54) is 18.4 Å². The maximum absolute atomic E-state index is 12.4. The van der Waals surface area contributed by atoms with Crippen LogP contribution in [0.3, 0.4) is 0 Å². The number of sulfonamides is 1. The molecular formula is C16H24N2O2S. The third kappa shape index (κ3) is 4.28. The zero-order valence-corrected chi connectivity index (χ0v) is 13.2. The molecular weight excluding hydrogens is 284 g/mol. The summed E-state index contributed by atoms with van der Waals surface area (Å²) in [6.45, 7) is 2.25. The fraction of sp³-hybridized carbons (Fsp3) is 0.625. The Bertz CT molecular complexity index is 558. The average Bonchev–Trinajstić information content (AvgIpc) is 3.31. The van der Waals surface area contributed by atoms with Gasteiger partial charge in [-0.1, -0.05) is 30.7 Å². The second kappa shape index (κ2) is 6.46. The second-order valence-electron chi connectivity index (χ2n) is 6.19. The highest BCUT2D eigenvalue weighted by Crippen LogP contribution is 2.20. The van der Waals surface area contributed by atoms with Crippen molar-refractivity contribution in [3.05, 3.63) is 35.4 Å². The van der Waals surface area contributed by atoms with Gasteiger partial charge in [0.05, 0.1) is 5.75 Å². The highest BCUT2D eigenvalue weighted by atomic mass is 32.2. The molecule has 21 heavy (non-hydrogen) atoms. The predicted octanol–water partition coefficient (Wildman–Crippen LogP) is 2.25. The van der Waals surface area contributed by atoms with Crippen LogP contribution < -0.4 is 5.32 Å². The summed E-state index contributed by atoms with van der Waals surface area (Å²) in [6.07, 6.45) is 5.70. The summed E-state index contributed by atoms with van der Waals surface area (Å²) in [5.41, 5.74) is 2.11.